The van der Waals surface area contributed by atoms with Crippen LogP contribution in [-0.4, -0.2) is 16.6 Å². The number of phenolic OH excluding ortho intramolecular Hbond substituents is 1. The zero-order chi connectivity index (χ0) is 13.9. The van der Waals surface area contributed by atoms with Crippen LogP contribution in [0.2, 0.25) is 0 Å². The highest BCUT2D eigenvalue weighted by molar-refractivity contribution is 7.99. The van der Waals surface area contributed by atoms with E-state index in [0.29, 0.717) is 5.75 Å². The average molecular weight is 280 g/mol. The summed E-state index contributed by atoms with van der Waals surface area (Å²) in [7, 11) is 0. The molecule has 1 nitrogen and oxygen atoms in total. The van der Waals surface area contributed by atoms with Gasteiger partial charge in [-0.2, -0.15) is 11.8 Å². The molecule has 2 heteroatoms. The second-order valence-corrected chi connectivity index (χ2v) is 6.48. The van der Waals surface area contributed by atoms with Crippen molar-refractivity contribution in [2.75, 3.05) is 11.5 Å². The number of unbranched alkanes of at least 4 members (excludes halogenated alkanes) is 5. The molecule has 0 saturated heterocycles. The number of hydrogen-bond donors (Lipinski definition) is 1. The Morgan fingerprint density at radius 2 is 1.74 bits per heavy atom. The summed E-state index contributed by atoms with van der Waals surface area (Å²) in [6.07, 6.45) is 9.42. The smallest absolute Gasteiger partial charge is 0.118 e. The van der Waals surface area contributed by atoms with Gasteiger partial charge >= 0.3 is 0 Å². The number of aryl methyl sites for hydroxylation is 2. The van der Waals surface area contributed by atoms with Crippen LogP contribution in [0.15, 0.2) is 18.2 Å². The molecule has 1 aromatic carbocycles. The van der Waals surface area contributed by atoms with Gasteiger partial charge in [-0.15, -0.1) is 0 Å². The Bertz CT molecular complexity index is 349. The standard InChI is InChI=1S/C17H28OS/c1-3-4-5-6-7-8-12-19-13-11-16-9-10-17(18)15(2)14-16/h9-10,14,18H,3-8,11-13H2,1-2H3. The van der Waals surface area contributed by atoms with Crippen molar-refractivity contribution in [2.45, 2.75) is 58.8 Å². The summed E-state index contributed by atoms with van der Waals surface area (Å²) in [6, 6.07) is 5.94. The molecule has 1 N–H and O–H groups in total. The first-order valence-corrected chi connectivity index (χ1v) is 8.75. The van der Waals surface area contributed by atoms with E-state index in [4.69, 9.17) is 0 Å². The van der Waals surface area contributed by atoms with Gasteiger partial charge in [0.05, 0.1) is 0 Å². The SMILES string of the molecule is CCCCCCCCSCCc1ccc(O)c(C)c1. The van der Waals surface area contributed by atoms with Gasteiger partial charge in [0.15, 0.2) is 0 Å². The van der Waals surface area contributed by atoms with Crippen molar-refractivity contribution in [3.05, 3.63) is 29.3 Å². The number of thioether (sulfide) groups is 1. The van der Waals surface area contributed by atoms with Crippen LogP contribution < -0.4 is 0 Å². The van der Waals surface area contributed by atoms with Gasteiger partial charge < -0.3 is 5.11 Å². The number of rotatable bonds is 10. The van der Waals surface area contributed by atoms with Gasteiger partial charge in [-0.05, 0) is 48.5 Å². The first-order chi connectivity index (χ1) is 9.24. The van der Waals surface area contributed by atoms with Gasteiger partial charge in [0.25, 0.3) is 0 Å². The monoisotopic (exact) mass is 280 g/mol. The molecule has 0 bridgehead atoms. The summed E-state index contributed by atoms with van der Waals surface area (Å²) in [4.78, 5) is 0. The third kappa shape index (κ3) is 7.51. The van der Waals surface area contributed by atoms with Crippen molar-refractivity contribution in [1.82, 2.24) is 0 Å². The Balaban J connectivity index is 2.00. The minimum atomic E-state index is 0.406. The molecule has 0 heterocycles. The summed E-state index contributed by atoms with van der Waals surface area (Å²) in [5.74, 6) is 2.89. The van der Waals surface area contributed by atoms with Crippen LogP contribution in [0.4, 0.5) is 0 Å². The zero-order valence-electron chi connectivity index (χ0n) is 12.5. The first-order valence-electron chi connectivity index (χ1n) is 7.60. The highest BCUT2D eigenvalue weighted by atomic mass is 32.2. The molecule has 1 rings (SSSR count). The molecular weight excluding hydrogens is 252 g/mol. The fourth-order valence-electron chi connectivity index (χ4n) is 2.15. The second kappa shape index (κ2) is 10.2. The molecule has 0 aliphatic carbocycles. The van der Waals surface area contributed by atoms with Crippen LogP contribution in [0.3, 0.4) is 0 Å². The van der Waals surface area contributed by atoms with E-state index in [2.05, 4.69) is 24.8 Å². The lowest BCUT2D eigenvalue weighted by atomic mass is 10.1. The molecule has 0 aromatic heterocycles. The van der Waals surface area contributed by atoms with Crippen molar-refractivity contribution in [3.63, 3.8) is 0 Å². The normalized spacial score (nSPS) is 10.8. The summed E-state index contributed by atoms with van der Waals surface area (Å²) in [5.41, 5.74) is 2.32. The van der Waals surface area contributed by atoms with Gasteiger partial charge in [0.2, 0.25) is 0 Å². The number of aromatic hydroxyl groups is 1. The predicted octanol–water partition coefficient (Wildman–Crippen LogP) is 5.34. The van der Waals surface area contributed by atoms with Crippen LogP contribution in [-0.2, 0) is 6.42 Å². The topological polar surface area (TPSA) is 20.2 Å². The van der Waals surface area contributed by atoms with Gasteiger partial charge in [-0.25, -0.2) is 0 Å². The maximum atomic E-state index is 9.47. The third-order valence-corrected chi connectivity index (χ3v) is 4.51. The van der Waals surface area contributed by atoms with E-state index in [1.165, 1.54) is 55.6 Å². The van der Waals surface area contributed by atoms with Crippen LogP contribution in [0.1, 0.15) is 56.6 Å². The fraction of sp³-hybridized carbons (Fsp3) is 0.647. The molecule has 19 heavy (non-hydrogen) atoms. The van der Waals surface area contributed by atoms with Crippen molar-refractivity contribution < 1.29 is 5.11 Å². The third-order valence-electron chi connectivity index (χ3n) is 3.44. The Morgan fingerprint density at radius 1 is 1.00 bits per heavy atom. The first kappa shape index (κ1) is 16.4. The number of benzene rings is 1. The van der Waals surface area contributed by atoms with Crippen molar-refractivity contribution in [2.24, 2.45) is 0 Å². The minimum Gasteiger partial charge on any atom is -0.508 e. The number of hydrogen-bond acceptors (Lipinski definition) is 2. The van der Waals surface area contributed by atoms with Gasteiger partial charge in [-0.3, -0.25) is 0 Å². The fourth-order valence-corrected chi connectivity index (χ4v) is 3.14. The molecule has 0 aliphatic rings. The summed E-state index contributed by atoms with van der Waals surface area (Å²) in [5, 5.41) is 9.47. The maximum absolute atomic E-state index is 9.47. The predicted molar refractivity (Wildman–Crippen MR) is 87.2 cm³/mol. The van der Waals surface area contributed by atoms with E-state index in [1.807, 2.05) is 19.1 Å². The van der Waals surface area contributed by atoms with Gasteiger partial charge in [0.1, 0.15) is 5.75 Å². The van der Waals surface area contributed by atoms with Crippen LogP contribution in [0, 0.1) is 6.92 Å². The van der Waals surface area contributed by atoms with E-state index >= 15 is 0 Å². The largest absolute Gasteiger partial charge is 0.508 e. The molecule has 0 amide bonds. The molecule has 0 spiro atoms. The van der Waals surface area contributed by atoms with E-state index in [-0.39, 0.29) is 0 Å². The molecule has 108 valence electrons. The molecule has 0 saturated carbocycles. The summed E-state index contributed by atoms with van der Waals surface area (Å²) >= 11 is 2.06. The molecular formula is C17H28OS. The minimum absolute atomic E-state index is 0.406. The van der Waals surface area contributed by atoms with Crippen molar-refractivity contribution >= 4 is 11.8 Å². The molecule has 0 aliphatic heterocycles. The van der Waals surface area contributed by atoms with E-state index in [1.54, 1.807) is 0 Å². The quantitative estimate of drug-likeness (QED) is 0.584. The lowest BCUT2D eigenvalue weighted by Gasteiger charge is -2.05. The molecule has 0 atom stereocenters. The van der Waals surface area contributed by atoms with Gasteiger partial charge in [-0.1, -0.05) is 51.2 Å². The highest BCUT2D eigenvalue weighted by Gasteiger charge is 1.98. The zero-order valence-corrected chi connectivity index (χ0v) is 13.3. The summed E-state index contributed by atoms with van der Waals surface area (Å²) in [6.45, 7) is 4.23. The van der Waals surface area contributed by atoms with Crippen LogP contribution >= 0.6 is 11.8 Å². The molecule has 0 radical (unpaired) electrons. The lowest BCUT2D eigenvalue weighted by molar-refractivity contribution is 0.471. The van der Waals surface area contributed by atoms with E-state index < -0.39 is 0 Å². The van der Waals surface area contributed by atoms with Crippen molar-refractivity contribution in [3.8, 4) is 5.75 Å². The highest BCUT2D eigenvalue weighted by Crippen LogP contribution is 2.18. The molecule has 0 fully saturated rings. The van der Waals surface area contributed by atoms with Crippen LogP contribution in [0.25, 0.3) is 0 Å². The maximum Gasteiger partial charge on any atom is 0.118 e. The van der Waals surface area contributed by atoms with Crippen LogP contribution in [0.5, 0.6) is 5.75 Å². The van der Waals surface area contributed by atoms with Gasteiger partial charge in [0, 0.05) is 0 Å². The summed E-state index contributed by atoms with van der Waals surface area (Å²) < 4.78 is 0. The lowest BCUT2D eigenvalue weighted by Crippen LogP contribution is -1.91. The Morgan fingerprint density at radius 3 is 2.47 bits per heavy atom. The van der Waals surface area contributed by atoms with Crippen molar-refractivity contribution in [1.29, 1.82) is 0 Å². The Labute approximate surface area is 122 Å². The average Bonchev–Trinajstić information content (AvgIpc) is 2.41. The number of phenols is 1. The molecule has 1 aromatic rings. The second-order valence-electron chi connectivity index (χ2n) is 5.25. The molecule has 0 unspecified atom stereocenters. The Kier molecular flexibility index (Phi) is 8.81. The Hall–Kier alpha value is -0.630. The van der Waals surface area contributed by atoms with E-state index in [0.717, 1.165) is 12.0 Å². The van der Waals surface area contributed by atoms with E-state index in [9.17, 15) is 5.11 Å².